The highest BCUT2D eigenvalue weighted by Crippen LogP contribution is 2.40. The Morgan fingerprint density at radius 2 is 1.90 bits per heavy atom. The third-order valence-corrected chi connectivity index (χ3v) is 4.85. The maximum Gasteiger partial charge on any atom is 0.337 e. The molecule has 2 aromatic rings. The summed E-state index contributed by atoms with van der Waals surface area (Å²) in [5.41, 5.74) is 2.25. The number of hydrogen-bond donors (Lipinski definition) is 2. The van der Waals surface area contributed by atoms with E-state index in [-0.39, 0.29) is 5.57 Å². The standard InChI is InChI=1S/C22H23ClN2O5/c1-4-29-17-11-15(19-18(21(26)28-3)13(2)24-22(27)25-19)10-16(23)20(17)30-12-14-8-6-5-7-9-14/h5-11,19H,4,12H2,1-3H3,(H2,24,25,27). The summed E-state index contributed by atoms with van der Waals surface area (Å²) < 4.78 is 16.6. The number of amides is 2. The van der Waals surface area contributed by atoms with Crippen molar-refractivity contribution in [2.75, 3.05) is 13.7 Å². The minimum Gasteiger partial charge on any atom is -0.490 e. The third-order valence-electron chi connectivity index (χ3n) is 4.57. The van der Waals surface area contributed by atoms with Crippen LogP contribution in [0.15, 0.2) is 53.7 Å². The van der Waals surface area contributed by atoms with Gasteiger partial charge in [0.2, 0.25) is 0 Å². The summed E-state index contributed by atoms with van der Waals surface area (Å²) in [5, 5.41) is 5.63. The van der Waals surface area contributed by atoms with Crippen LogP contribution in [0.5, 0.6) is 11.5 Å². The molecule has 0 bridgehead atoms. The van der Waals surface area contributed by atoms with Gasteiger partial charge in [-0.3, -0.25) is 0 Å². The molecule has 2 aromatic carbocycles. The molecule has 1 aliphatic heterocycles. The van der Waals surface area contributed by atoms with Crippen molar-refractivity contribution in [3.05, 3.63) is 69.9 Å². The second-order valence-electron chi connectivity index (χ2n) is 6.60. The molecule has 158 valence electrons. The largest absolute Gasteiger partial charge is 0.490 e. The van der Waals surface area contributed by atoms with Crippen molar-refractivity contribution in [2.45, 2.75) is 26.5 Å². The number of benzene rings is 2. The Labute approximate surface area is 180 Å². The number of hydrogen-bond acceptors (Lipinski definition) is 5. The normalized spacial score (nSPS) is 15.9. The minimum absolute atomic E-state index is 0.286. The quantitative estimate of drug-likeness (QED) is 0.645. The van der Waals surface area contributed by atoms with Crippen LogP contribution >= 0.6 is 11.6 Å². The van der Waals surface area contributed by atoms with E-state index in [4.69, 9.17) is 25.8 Å². The number of ether oxygens (including phenoxy) is 3. The second-order valence-corrected chi connectivity index (χ2v) is 7.01. The van der Waals surface area contributed by atoms with Gasteiger partial charge >= 0.3 is 12.0 Å². The molecular weight excluding hydrogens is 408 g/mol. The van der Waals surface area contributed by atoms with Crippen LogP contribution < -0.4 is 20.1 Å². The van der Waals surface area contributed by atoms with Crippen molar-refractivity contribution in [3.8, 4) is 11.5 Å². The molecule has 0 radical (unpaired) electrons. The van der Waals surface area contributed by atoms with Gasteiger partial charge in [-0.15, -0.1) is 0 Å². The SMILES string of the molecule is CCOc1cc(C2NC(=O)NC(C)=C2C(=O)OC)cc(Cl)c1OCc1ccccc1. The molecule has 7 nitrogen and oxygen atoms in total. The number of rotatable bonds is 7. The van der Waals surface area contributed by atoms with E-state index >= 15 is 0 Å². The van der Waals surface area contributed by atoms with E-state index in [0.717, 1.165) is 5.56 Å². The summed E-state index contributed by atoms with van der Waals surface area (Å²) in [6, 6.07) is 11.9. The fraction of sp³-hybridized carbons (Fsp3) is 0.273. The first-order valence-corrected chi connectivity index (χ1v) is 9.82. The van der Waals surface area contributed by atoms with Crippen LogP contribution in [-0.2, 0) is 16.1 Å². The van der Waals surface area contributed by atoms with Gasteiger partial charge in [0.05, 0.1) is 30.4 Å². The Hall–Kier alpha value is -3.19. The number of esters is 1. The van der Waals surface area contributed by atoms with Crippen LogP contribution in [0.3, 0.4) is 0 Å². The lowest BCUT2D eigenvalue weighted by molar-refractivity contribution is -0.136. The first-order valence-electron chi connectivity index (χ1n) is 9.44. The summed E-state index contributed by atoms with van der Waals surface area (Å²) in [4.78, 5) is 24.4. The number of halogens is 1. The van der Waals surface area contributed by atoms with Crippen LogP contribution in [0.4, 0.5) is 4.79 Å². The highest BCUT2D eigenvalue weighted by atomic mass is 35.5. The Balaban J connectivity index is 1.98. The van der Waals surface area contributed by atoms with E-state index in [9.17, 15) is 9.59 Å². The van der Waals surface area contributed by atoms with E-state index in [1.54, 1.807) is 19.1 Å². The van der Waals surface area contributed by atoms with Crippen LogP contribution in [0.1, 0.15) is 31.0 Å². The van der Waals surface area contributed by atoms with E-state index < -0.39 is 18.0 Å². The molecule has 3 rings (SSSR count). The van der Waals surface area contributed by atoms with Gasteiger partial charge in [0.1, 0.15) is 6.61 Å². The predicted octanol–water partition coefficient (Wildman–Crippen LogP) is 4.12. The van der Waals surface area contributed by atoms with E-state index in [0.29, 0.717) is 41.0 Å². The number of allylic oxidation sites excluding steroid dienone is 1. The number of nitrogens with one attached hydrogen (secondary N) is 2. The molecule has 0 saturated carbocycles. The maximum absolute atomic E-state index is 12.3. The zero-order valence-corrected chi connectivity index (χ0v) is 17.7. The van der Waals surface area contributed by atoms with Crippen molar-refractivity contribution in [2.24, 2.45) is 0 Å². The van der Waals surface area contributed by atoms with Crippen LogP contribution in [0.2, 0.25) is 5.02 Å². The summed E-state index contributed by atoms with van der Waals surface area (Å²) in [6.07, 6.45) is 0. The Kier molecular flexibility index (Phi) is 6.84. The van der Waals surface area contributed by atoms with Gasteiger partial charge in [0.25, 0.3) is 0 Å². The zero-order chi connectivity index (χ0) is 21.7. The van der Waals surface area contributed by atoms with E-state index in [2.05, 4.69) is 10.6 Å². The minimum atomic E-state index is -0.744. The highest BCUT2D eigenvalue weighted by molar-refractivity contribution is 6.32. The molecule has 1 heterocycles. The average molecular weight is 431 g/mol. The molecule has 0 fully saturated rings. The third kappa shape index (κ3) is 4.68. The lowest BCUT2D eigenvalue weighted by atomic mass is 9.95. The number of methoxy groups -OCH3 is 1. The smallest absolute Gasteiger partial charge is 0.337 e. The van der Waals surface area contributed by atoms with Crippen LogP contribution in [0.25, 0.3) is 0 Å². The van der Waals surface area contributed by atoms with Crippen molar-refractivity contribution in [1.29, 1.82) is 0 Å². The number of carbonyl (C=O) groups is 2. The first kappa shape index (κ1) is 21.5. The Morgan fingerprint density at radius 1 is 1.17 bits per heavy atom. The van der Waals surface area contributed by atoms with Gasteiger partial charge in [0.15, 0.2) is 11.5 Å². The molecule has 1 unspecified atom stereocenters. The second kappa shape index (κ2) is 9.54. The molecule has 1 atom stereocenters. The maximum atomic E-state index is 12.3. The van der Waals surface area contributed by atoms with Gasteiger partial charge in [0, 0.05) is 5.70 Å². The number of carbonyl (C=O) groups excluding carboxylic acids is 2. The summed E-state index contributed by atoms with van der Waals surface area (Å²) in [7, 11) is 1.29. The topological polar surface area (TPSA) is 85.9 Å². The summed E-state index contributed by atoms with van der Waals surface area (Å²) in [5.74, 6) is 0.265. The Bertz CT molecular complexity index is 975. The monoisotopic (exact) mass is 430 g/mol. The molecule has 30 heavy (non-hydrogen) atoms. The van der Waals surface area contributed by atoms with Crippen molar-refractivity contribution in [3.63, 3.8) is 0 Å². The molecular formula is C22H23ClN2O5. The van der Waals surface area contributed by atoms with Crippen molar-refractivity contribution < 1.29 is 23.8 Å². The lowest BCUT2D eigenvalue weighted by Gasteiger charge is -2.28. The summed E-state index contributed by atoms with van der Waals surface area (Å²) in [6.45, 7) is 4.19. The number of urea groups is 1. The first-order chi connectivity index (χ1) is 14.4. The van der Waals surface area contributed by atoms with Gasteiger partial charge in [-0.1, -0.05) is 41.9 Å². The molecule has 2 N–H and O–H groups in total. The molecule has 0 saturated heterocycles. The van der Waals surface area contributed by atoms with Crippen LogP contribution in [0, 0.1) is 0 Å². The lowest BCUT2D eigenvalue weighted by Crippen LogP contribution is -2.45. The van der Waals surface area contributed by atoms with Gasteiger partial charge in [-0.05, 0) is 37.1 Å². The van der Waals surface area contributed by atoms with E-state index in [1.807, 2.05) is 37.3 Å². The van der Waals surface area contributed by atoms with Crippen LogP contribution in [-0.4, -0.2) is 25.7 Å². The Morgan fingerprint density at radius 3 is 2.57 bits per heavy atom. The average Bonchev–Trinajstić information content (AvgIpc) is 2.73. The zero-order valence-electron chi connectivity index (χ0n) is 17.0. The fourth-order valence-electron chi connectivity index (χ4n) is 3.21. The highest BCUT2D eigenvalue weighted by Gasteiger charge is 2.33. The molecule has 1 aliphatic rings. The molecule has 2 amide bonds. The molecule has 8 heteroatoms. The van der Waals surface area contributed by atoms with Crippen molar-refractivity contribution >= 4 is 23.6 Å². The molecule has 0 aliphatic carbocycles. The molecule has 0 spiro atoms. The van der Waals surface area contributed by atoms with Gasteiger partial charge < -0.3 is 24.8 Å². The van der Waals surface area contributed by atoms with E-state index in [1.165, 1.54) is 7.11 Å². The molecule has 0 aromatic heterocycles. The fourth-order valence-corrected chi connectivity index (χ4v) is 3.49. The van der Waals surface area contributed by atoms with Gasteiger partial charge in [-0.25, -0.2) is 9.59 Å². The summed E-state index contributed by atoms with van der Waals surface area (Å²) >= 11 is 6.52. The van der Waals surface area contributed by atoms with Gasteiger partial charge in [-0.2, -0.15) is 0 Å². The van der Waals surface area contributed by atoms with Crippen molar-refractivity contribution in [1.82, 2.24) is 10.6 Å². The predicted molar refractivity (Wildman–Crippen MR) is 113 cm³/mol.